The van der Waals surface area contributed by atoms with E-state index in [0.29, 0.717) is 5.11 Å². The topological polar surface area (TPSA) is 33.3 Å². The van der Waals surface area contributed by atoms with Crippen LogP contribution in [-0.2, 0) is 0 Å². The Bertz CT molecular complexity index is 668. The number of aryl methyl sites for hydroxylation is 2. The number of rotatable bonds is 5. The minimum Gasteiger partial charge on any atom is -0.497 e. The highest BCUT2D eigenvalue weighted by Gasteiger charge is 2.11. The van der Waals surface area contributed by atoms with Crippen LogP contribution in [0.4, 0.5) is 5.69 Å². The number of hydrogen-bond donors (Lipinski definition) is 2. The van der Waals surface area contributed by atoms with Gasteiger partial charge in [-0.1, -0.05) is 25.1 Å². The van der Waals surface area contributed by atoms with Crippen LogP contribution in [0.3, 0.4) is 0 Å². The summed E-state index contributed by atoms with van der Waals surface area (Å²) in [4.78, 5) is 0. The Kier molecular flexibility index (Phi) is 5.99. The molecular formula is C19H24N2OS. The van der Waals surface area contributed by atoms with Gasteiger partial charge in [-0.25, -0.2) is 0 Å². The highest BCUT2D eigenvalue weighted by atomic mass is 32.1. The van der Waals surface area contributed by atoms with Crippen LogP contribution in [-0.4, -0.2) is 12.2 Å². The summed E-state index contributed by atoms with van der Waals surface area (Å²) in [6.07, 6.45) is 0.965. The van der Waals surface area contributed by atoms with Gasteiger partial charge in [-0.3, -0.25) is 0 Å². The van der Waals surface area contributed by atoms with Crippen molar-refractivity contribution in [2.45, 2.75) is 33.2 Å². The van der Waals surface area contributed by atoms with Crippen LogP contribution in [0.2, 0.25) is 0 Å². The zero-order valence-electron chi connectivity index (χ0n) is 14.1. The predicted molar refractivity (Wildman–Crippen MR) is 101 cm³/mol. The van der Waals surface area contributed by atoms with Gasteiger partial charge in [-0.15, -0.1) is 0 Å². The van der Waals surface area contributed by atoms with Crippen LogP contribution in [0.25, 0.3) is 0 Å². The number of methoxy groups -OCH3 is 1. The Morgan fingerprint density at radius 3 is 2.35 bits per heavy atom. The molecule has 0 bridgehead atoms. The molecule has 0 saturated heterocycles. The Hall–Kier alpha value is -2.07. The summed E-state index contributed by atoms with van der Waals surface area (Å²) in [5.41, 5.74) is 4.81. The molecule has 2 aromatic rings. The van der Waals surface area contributed by atoms with E-state index in [1.807, 2.05) is 24.3 Å². The van der Waals surface area contributed by atoms with Crippen molar-refractivity contribution in [1.82, 2.24) is 5.32 Å². The lowest BCUT2D eigenvalue weighted by Gasteiger charge is -2.21. The van der Waals surface area contributed by atoms with Gasteiger partial charge in [0.25, 0.3) is 0 Å². The van der Waals surface area contributed by atoms with Gasteiger partial charge in [0.05, 0.1) is 13.2 Å². The molecule has 0 aromatic heterocycles. The van der Waals surface area contributed by atoms with Gasteiger partial charge in [-0.2, -0.15) is 0 Å². The molecule has 4 heteroatoms. The summed E-state index contributed by atoms with van der Waals surface area (Å²) in [6, 6.07) is 14.5. The third-order valence-electron chi connectivity index (χ3n) is 3.99. The summed E-state index contributed by atoms with van der Waals surface area (Å²) < 4.78 is 5.16. The minimum absolute atomic E-state index is 0.201. The fraction of sp³-hybridized carbons (Fsp3) is 0.316. The summed E-state index contributed by atoms with van der Waals surface area (Å²) in [7, 11) is 1.66. The van der Waals surface area contributed by atoms with Crippen molar-refractivity contribution in [3.8, 4) is 5.75 Å². The highest BCUT2D eigenvalue weighted by molar-refractivity contribution is 7.80. The first kappa shape index (κ1) is 17.3. The Labute approximate surface area is 144 Å². The van der Waals surface area contributed by atoms with E-state index in [4.69, 9.17) is 17.0 Å². The maximum atomic E-state index is 5.44. The van der Waals surface area contributed by atoms with Crippen molar-refractivity contribution >= 4 is 23.0 Å². The molecule has 0 aliphatic carbocycles. The lowest BCUT2D eigenvalue weighted by atomic mass is 9.99. The maximum Gasteiger partial charge on any atom is 0.171 e. The van der Waals surface area contributed by atoms with E-state index < -0.39 is 0 Å². The zero-order chi connectivity index (χ0) is 16.8. The monoisotopic (exact) mass is 328 g/mol. The molecule has 2 N–H and O–H groups in total. The van der Waals surface area contributed by atoms with E-state index in [-0.39, 0.29) is 6.04 Å². The van der Waals surface area contributed by atoms with Crippen LogP contribution in [0.1, 0.15) is 36.1 Å². The van der Waals surface area contributed by atoms with Gasteiger partial charge >= 0.3 is 0 Å². The van der Waals surface area contributed by atoms with Crippen LogP contribution in [0, 0.1) is 13.8 Å². The van der Waals surface area contributed by atoms with Gasteiger partial charge < -0.3 is 15.4 Å². The number of nitrogens with one attached hydrogen (secondary N) is 2. The highest BCUT2D eigenvalue weighted by Crippen LogP contribution is 2.20. The summed E-state index contributed by atoms with van der Waals surface area (Å²) >= 11 is 5.44. The molecule has 122 valence electrons. The molecule has 0 heterocycles. The van der Waals surface area contributed by atoms with Crippen molar-refractivity contribution in [2.24, 2.45) is 0 Å². The Morgan fingerprint density at radius 2 is 1.78 bits per heavy atom. The molecule has 2 aromatic carbocycles. The molecule has 2 rings (SSSR count). The second kappa shape index (κ2) is 7.97. The van der Waals surface area contributed by atoms with Crippen molar-refractivity contribution in [3.05, 3.63) is 59.2 Å². The molecule has 0 radical (unpaired) electrons. The molecule has 0 amide bonds. The Balaban J connectivity index is 2.02. The largest absolute Gasteiger partial charge is 0.497 e. The summed E-state index contributed by atoms with van der Waals surface area (Å²) in [5.74, 6) is 0.830. The molecule has 23 heavy (non-hydrogen) atoms. The molecule has 0 fully saturated rings. The van der Waals surface area contributed by atoms with Crippen LogP contribution < -0.4 is 15.4 Å². The van der Waals surface area contributed by atoms with Crippen molar-refractivity contribution < 1.29 is 4.74 Å². The predicted octanol–water partition coefficient (Wildman–Crippen LogP) is 4.75. The van der Waals surface area contributed by atoms with Gasteiger partial charge in [0, 0.05) is 5.69 Å². The quantitative estimate of drug-likeness (QED) is 0.776. The van der Waals surface area contributed by atoms with E-state index in [1.54, 1.807) is 7.11 Å². The van der Waals surface area contributed by atoms with Gasteiger partial charge in [0.1, 0.15) is 5.75 Å². The molecule has 0 saturated carbocycles. The number of hydrogen-bond acceptors (Lipinski definition) is 2. The number of anilines is 1. The molecule has 3 nitrogen and oxygen atoms in total. The van der Waals surface area contributed by atoms with Gasteiger partial charge in [0.2, 0.25) is 0 Å². The first-order valence-corrected chi connectivity index (χ1v) is 8.23. The maximum absolute atomic E-state index is 5.44. The SMILES string of the molecule is CC[C@@H](NC(=S)Nc1ccc(OC)cc1)c1ccc(C)c(C)c1. The van der Waals surface area contributed by atoms with Crippen molar-refractivity contribution in [1.29, 1.82) is 0 Å². The second-order valence-corrected chi connectivity index (χ2v) is 6.04. The molecule has 0 aliphatic heterocycles. The smallest absolute Gasteiger partial charge is 0.171 e. The molecule has 1 atom stereocenters. The average Bonchev–Trinajstić information content (AvgIpc) is 2.56. The number of ether oxygens (including phenoxy) is 1. The normalized spacial score (nSPS) is 11.7. The summed E-state index contributed by atoms with van der Waals surface area (Å²) in [6.45, 7) is 6.42. The van der Waals surface area contributed by atoms with Gasteiger partial charge in [0.15, 0.2) is 5.11 Å². The van der Waals surface area contributed by atoms with E-state index in [0.717, 1.165) is 17.9 Å². The molecule has 0 aliphatic rings. The fourth-order valence-corrected chi connectivity index (χ4v) is 2.66. The first-order valence-electron chi connectivity index (χ1n) is 7.82. The average molecular weight is 328 g/mol. The molecule has 0 unspecified atom stereocenters. The molecule has 0 spiro atoms. The Morgan fingerprint density at radius 1 is 1.09 bits per heavy atom. The van der Waals surface area contributed by atoms with E-state index in [9.17, 15) is 0 Å². The standard InChI is InChI=1S/C19H24N2OS/c1-5-18(15-7-6-13(2)14(3)12-15)21-19(23)20-16-8-10-17(22-4)11-9-16/h6-12,18H,5H2,1-4H3,(H2,20,21,23)/t18-/m1/s1. The van der Waals surface area contributed by atoms with Crippen molar-refractivity contribution in [2.75, 3.05) is 12.4 Å². The third kappa shape index (κ3) is 4.70. The van der Waals surface area contributed by atoms with Gasteiger partial charge in [-0.05, 0) is 73.4 Å². The van der Waals surface area contributed by atoms with E-state index >= 15 is 0 Å². The van der Waals surface area contributed by atoms with Crippen LogP contribution in [0.15, 0.2) is 42.5 Å². The lowest BCUT2D eigenvalue weighted by molar-refractivity contribution is 0.415. The number of thiocarbonyl (C=S) groups is 1. The first-order chi connectivity index (χ1) is 11.0. The van der Waals surface area contributed by atoms with Crippen molar-refractivity contribution in [3.63, 3.8) is 0 Å². The number of benzene rings is 2. The third-order valence-corrected chi connectivity index (χ3v) is 4.21. The van der Waals surface area contributed by atoms with Crippen LogP contribution in [0.5, 0.6) is 5.75 Å². The lowest BCUT2D eigenvalue weighted by Crippen LogP contribution is -2.32. The second-order valence-electron chi connectivity index (χ2n) is 5.63. The zero-order valence-corrected chi connectivity index (χ0v) is 15.0. The van der Waals surface area contributed by atoms with E-state index in [2.05, 4.69) is 49.6 Å². The van der Waals surface area contributed by atoms with Crippen LogP contribution >= 0.6 is 12.2 Å². The minimum atomic E-state index is 0.201. The molecular weight excluding hydrogens is 304 g/mol. The fourth-order valence-electron chi connectivity index (χ4n) is 2.40. The summed E-state index contributed by atoms with van der Waals surface area (Å²) in [5, 5.41) is 7.24. The van der Waals surface area contributed by atoms with E-state index in [1.165, 1.54) is 16.7 Å².